The van der Waals surface area contributed by atoms with Gasteiger partial charge in [-0.1, -0.05) is 13.3 Å². The number of nitrogens with zero attached hydrogens (tertiary/aromatic N) is 2. The van der Waals surface area contributed by atoms with Crippen molar-refractivity contribution >= 4 is 5.69 Å². The van der Waals surface area contributed by atoms with E-state index >= 15 is 0 Å². The van der Waals surface area contributed by atoms with E-state index in [0.717, 1.165) is 31.5 Å². The maximum atomic E-state index is 10.7. The van der Waals surface area contributed by atoms with Gasteiger partial charge in [-0.2, -0.15) is 5.26 Å². The number of hydrogen-bond acceptors (Lipinski definition) is 4. The predicted octanol–water partition coefficient (Wildman–Crippen LogP) is 2.70. The van der Waals surface area contributed by atoms with Gasteiger partial charge < -0.3 is 14.7 Å². The van der Waals surface area contributed by atoms with Gasteiger partial charge in [0.15, 0.2) is 0 Å². The van der Waals surface area contributed by atoms with Crippen LogP contribution in [0.4, 0.5) is 5.69 Å². The van der Waals surface area contributed by atoms with Crippen LogP contribution >= 0.6 is 0 Å². The molecule has 0 aromatic heterocycles. The van der Waals surface area contributed by atoms with Gasteiger partial charge in [-0.3, -0.25) is 0 Å². The van der Waals surface area contributed by atoms with E-state index in [1.807, 2.05) is 12.1 Å². The number of methoxy groups -OCH3 is 1. The Balaban J connectivity index is 2.28. The van der Waals surface area contributed by atoms with E-state index in [2.05, 4.69) is 24.8 Å². The zero-order valence-corrected chi connectivity index (χ0v) is 12.4. The van der Waals surface area contributed by atoms with Gasteiger partial charge >= 0.3 is 0 Å². The molecule has 4 nitrogen and oxygen atoms in total. The summed E-state index contributed by atoms with van der Waals surface area (Å²) >= 11 is 0. The van der Waals surface area contributed by atoms with Gasteiger partial charge in [-0.05, 0) is 31.9 Å². The largest absolute Gasteiger partial charge is 0.495 e. The number of aliphatic hydroxyl groups is 1. The van der Waals surface area contributed by atoms with E-state index < -0.39 is 5.60 Å². The number of ether oxygens (including phenoxy) is 1. The average Bonchev–Trinajstić information content (AvgIpc) is 2.75. The monoisotopic (exact) mass is 274 g/mol. The molecule has 1 N–H and O–H groups in total. The summed E-state index contributed by atoms with van der Waals surface area (Å²) in [6.45, 7) is 4.98. The standard InChI is InChI=1S/C16H22N2O2/c1-4-7-16(19)8-9-18(12(16)2)14-6-5-13(11-17)15(10-14)20-3/h5-6,10,12,19H,4,7-9H2,1-3H3/t12-,16-/m0/s1. The minimum absolute atomic E-state index is 0.0695. The van der Waals surface area contributed by atoms with E-state index in [9.17, 15) is 5.11 Å². The Labute approximate surface area is 120 Å². The Kier molecular flexibility index (Phi) is 4.20. The summed E-state index contributed by atoms with van der Waals surface area (Å²) in [5.74, 6) is 0.586. The fraction of sp³-hybridized carbons (Fsp3) is 0.562. The third kappa shape index (κ3) is 2.46. The summed E-state index contributed by atoms with van der Waals surface area (Å²) in [4.78, 5) is 2.19. The molecule has 0 bridgehead atoms. The van der Waals surface area contributed by atoms with Crippen LogP contribution in [-0.4, -0.2) is 30.4 Å². The minimum atomic E-state index is -0.615. The van der Waals surface area contributed by atoms with Crippen LogP contribution in [0.5, 0.6) is 5.75 Å². The van der Waals surface area contributed by atoms with Crippen LogP contribution in [-0.2, 0) is 0 Å². The lowest BCUT2D eigenvalue weighted by Gasteiger charge is -2.32. The van der Waals surface area contributed by atoms with Crippen molar-refractivity contribution in [3.63, 3.8) is 0 Å². The van der Waals surface area contributed by atoms with E-state index in [0.29, 0.717) is 11.3 Å². The van der Waals surface area contributed by atoms with E-state index in [1.165, 1.54) is 0 Å². The molecule has 1 saturated heterocycles. The van der Waals surface area contributed by atoms with Crippen molar-refractivity contribution in [3.05, 3.63) is 23.8 Å². The second-order valence-electron chi connectivity index (χ2n) is 5.47. The Morgan fingerprint density at radius 2 is 2.30 bits per heavy atom. The maximum Gasteiger partial charge on any atom is 0.138 e. The summed E-state index contributed by atoms with van der Waals surface area (Å²) in [6.07, 6.45) is 2.58. The first-order chi connectivity index (χ1) is 9.55. The van der Waals surface area contributed by atoms with E-state index in [1.54, 1.807) is 13.2 Å². The van der Waals surface area contributed by atoms with Gasteiger partial charge in [0.25, 0.3) is 0 Å². The molecule has 0 radical (unpaired) electrons. The van der Waals surface area contributed by atoms with E-state index in [4.69, 9.17) is 10.00 Å². The molecule has 1 aromatic rings. The topological polar surface area (TPSA) is 56.5 Å². The Hall–Kier alpha value is -1.73. The first kappa shape index (κ1) is 14.7. The highest BCUT2D eigenvalue weighted by molar-refractivity contribution is 5.58. The third-order valence-corrected chi connectivity index (χ3v) is 4.35. The van der Waals surface area contributed by atoms with Crippen molar-refractivity contribution < 1.29 is 9.84 Å². The van der Waals surface area contributed by atoms with Gasteiger partial charge in [-0.15, -0.1) is 0 Å². The molecule has 1 aromatic carbocycles. The predicted molar refractivity (Wildman–Crippen MR) is 79.0 cm³/mol. The summed E-state index contributed by atoms with van der Waals surface area (Å²) in [5.41, 5.74) is 0.919. The van der Waals surface area contributed by atoms with Crippen molar-refractivity contribution in [3.8, 4) is 11.8 Å². The van der Waals surface area contributed by atoms with Gasteiger partial charge in [0.1, 0.15) is 11.8 Å². The zero-order chi connectivity index (χ0) is 14.8. The van der Waals surface area contributed by atoms with Crippen LogP contribution in [0.1, 0.15) is 38.7 Å². The first-order valence-electron chi connectivity index (χ1n) is 7.13. The quantitative estimate of drug-likeness (QED) is 0.917. The molecule has 1 fully saturated rings. The molecule has 20 heavy (non-hydrogen) atoms. The Bertz CT molecular complexity index is 524. The Morgan fingerprint density at radius 1 is 1.55 bits per heavy atom. The molecule has 0 amide bonds. The molecule has 0 aliphatic carbocycles. The molecular formula is C16H22N2O2. The maximum absolute atomic E-state index is 10.7. The average molecular weight is 274 g/mol. The van der Waals surface area contributed by atoms with Gasteiger partial charge in [0.05, 0.1) is 24.3 Å². The number of benzene rings is 1. The zero-order valence-electron chi connectivity index (χ0n) is 12.4. The highest BCUT2D eigenvalue weighted by Gasteiger charge is 2.42. The smallest absolute Gasteiger partial charge is 0.138 e. The molecule has 4 heteroatoms. The van der Waals surface area contributed by atoms with Crippen LogP contribution in [0.15, 0.2) is 18.2 Å². The lowest BCUT2D eigenvalue weighted by molar-refractivity contribution is 0.0273. The molecule has 0 unspecified atom stereocenters. The number of anilines is 1. The normalized spacial score (nSPS) is 25.6. The lowest BCUT2D eigenvalue weighted by atomic mass is 9.90. The van der Waals surface area contributed by atoms with Crippen LogP contribution < -0.4 is 9.64 Å². The highest BCUT2D eigenvalue weighted by Crippen LogP contribution is 2.37. The number of rotatable bonds is 4. The van der Waals surface area contributed by atoms with Crippen molar-refractivity contribution in [2.24, 2.45) is 0 Å². The molecule has 108 valence electrons. The number of nitriles is 1. The Morgan fingerprint density at radius 3 is 2.90 bits per heavy atom. The second kappa shape index (κ2) is 5.72. The molecule has 2 rings (SSSR count). The molecule has 1 heterocycles. The van der Waals surface area contributed by atoms with Crippen LogP contribution in [0.25, 0.3) is 0 Å². The summed E-state index contributed by atoms with van der Waals surface area (Å²) in [6, 6.07) is 7.77. The molecule has 1 aliphatic rings. The van der Waals surface area contributed by atoms with Crippen molar-refractivity contribution in [2.45, 2.75) is 44.8 Å². The van der Waals surface area contributed by atoms with Crippen molar-refractivity contribution in [1.82, 2.24) is 0 Å². The first-order valence-corrected chi connectivity index (χ1v) is 7.13. The van der Waals surface area contributed by atoms with Crippen LogP contribution in [0.3, 0.4) is 0 Å². The molecule has 0 spiro atoms. The van der Waals surface area contributed by atoms with Gasteiger partial charge in [0, 0.05) is 18.3 Å². The van der Waals surface area contributed by atoms with Crippen LogP contribution in [0.2, 0.25) is 0 Å². The minimum Gasteiger partial charge on any atom is -0.495 e. The fourth-order valence-electron chi connectivity index (χ4n) is 3.08. The van der Waals surface area contributed by atoms with Gasteiger partial charge in [0.2, 0.25) is 0 Å². The second-order valence-corrected chi connectivity index (χ2v) is 5.47. The molecule has 2 atom stereocenters. The number of hydrogen-bond donors (Lipinski definition) is 1. The lowest BCUT2D eigenvalue weighted by Crippen LogP contribution is -2.42. The molecule has 1 aliphatic heterocycles. The van der Waals surface area contributed by atoms with Crippen molar-refractivity contribution in [1.29, 1.82) is 5.26 Å². The summed E-state index contributed by atoms with van der Waals surface area (Å²) in [5, 5.41) is 19.7. The fourth-order valence-corrected chi connectivity index (χ4v) is 3.08. The van der Waals surface area contributed by atoms with Crippen molar-refractivity contribution in [2.75, 3.05) is 18.6 Å². The molecule has 0 saturated carbocycles. The van der Waals surface area contributed by atoms with E-state index in [-0.39, 0.29) is 6.04 Å². The summed E-state index contributed by atoms with van der Waals surface area (Å²) < 4.78 is 5.26. The molecular weight excluding hydrogens is 252 g/mol. The van der Waals surface area contributed by atoms with Gasteiger partial charge in [-0.25, -0.2) is 0 Å². The highest BCUT2D eigenvalue weighted by atomic mass is 16.5. The third-order valence-electron chi connectivity index (χ3n) is 4.35. The SMILES string of the molecule is CCC[C@]1(O)CCN(c2ccc(C#N)c(OC)c2)[C@H]1C. The van der Waals surface area contributed by atoms with Crippen LogP contribution in [0, 0.1) is 11.3 Å². The summed E-state index contributed by atoms with van der Waals surface area (Å²) in [7, 11) is 1.57.